The minimum absolute atomic E-state index is 0.682. The average Bonchev–Trinajstić information content (AvgIpc) is 3.43. The molecule has 1 aliphatic carbocycles. The van der Waals surface area contributed by atoms with Crippen molar-refractivity contribution >= 4 is 59.7 Å². The normalized spacial score (nSPS) is 12.7. The van der Waals surface area contributed by atoms with Crippen LogP contribution in [-0.4, -0.2) is 14.5 Å². The minimum Gasteiger partial charge on any atom is -0.294 e. The van der Waals surface area contributed by atoms with Crippen LogP contribution >= 0.6 is 0 Å². The van der Waals surface area contributed by atoms with Crippen molar-refractivity contribution in [3.63, 3.8) is 0 Å². The topological polar surface area (TPSA) is 30.7 Å². The summed E-state index contributed by atoms with van der Waals surface area (Å²) in [5.74, 6) is 1.51. The molecule has 1 aliphatic rings. The summed E-state index contributed by atoms with van der Waals surface area (Å²) < 4.78 is 2.25. The van der Waals surface area contributed by atoms with Crippen molar-refractivity contribution in [2.45, 2.75) is 0 Å². The van der Waals surface area contributed by atoms with Crippen LogP contribution in [0.2, 0.25) is 0 Å². The van der Waals surface area contributed by atoms with E-state index in [-0.39, 0.29) is 0 Å². The summed E-state index contributed by atoms with van der Waals surface area (Å²) in [6.07, 6.45) is 5.84. The molecule has 0 aliphatic heterocycles. The smallest absolute Gasteiger partial charge is 0.162 e. The molecule has 0 unspecified atom stereocenters. The van der Waals surface area contributed by atoms with E-state index in [1.54, 1.807) is 0 Å². The summed E-state index contributed by atoms with van der Waals surface area (Å²) >= 11 is 0. The standard InChI is InChI=1S/C40H23N3/c1-2-12-26(13-3-1)36-25-39(43-37-20-10-8-18-33(37)34-19-9-11-21-38(34)43)42-40(41-36)27-22-23-32-30-16-5-4-14-28(30)29-15-6-7-17-31(29)35(32)24-27/h2,4-25H. The number of nitrogens with zero attached hydrogens (tertiary/aromatic N) is 3. The van der Waals surface area contributed by atoms with E-state index in [0.717, 1.165) is 33.7 Å². The van der Waals surface area contributed by atoms with Gasteiger partial charge in [-0.2, -0.15) is 0 Å². The van der Waals surface area contributed by atoms with Crippen LogP contribution < -0.4 is 0 Å². The Bertz CT molecular complexity index is 2500. The van der Waals surface area contributed by atoms with Gasteiger partial charge >= 0.3 is 0 Å². The molecule has 0 amide bonds. The number of hydrogen-bond donors (Lipinski definition) is 0. The van der Waals surface area contributed by atoms with E-state index in [2.05, 4.69) is 137 Å². The highest BCUT2D eigenvalue weighted by molar-refractivity contribution is 6.25. The fourth-order valence-corrected chi connectivity index (χ4v) is 6.55. The molecule has 0 saturated heterocycles. The Labute approximate surface area is 247 Å². The van der Waals surface area contributed by atoms with Crippen molar-refractivity contribution in [1.82, 2.24) is 14.5 Å². The van der Waals surface area contributed by atoms with Gasteiger partial charge in [-0.1, -0.05) is 109 Å². The zero-order chi connectivity index (χ0) is 28.3. The van der Waals surface area contributed by atoms with E-state index < -0.39 is 0 Å². The maximum absolute atomic E-state index is 5.25. The SMILES string of the molecule is C1=C=CC(c2cc(-n3c4ccccc4c4ccccc43)nc(-c3ccc4c5ccccc5c5ccccc5c4c3)n2)=CC=1. The molecular formula is C40H23N3. The Morgan fingerprint density at radius 3 is 1.65 bits per heavy atom. The molecule has 6 aromatic carbocycles. The van der Waals surface area contributed by atoms with E-state index in [1.165, 1.54) is 43.1 Å². The monoisotopic (exact) mass is 545 g/mol. The fraction of sp³-hybridized carbons (Fsp3) is 0. The Balaban J connectivity index is 1.35. The Morgan fingerprint density at radius 2 is 1.05 bits per heavy atom. The van der Waals surface area contributed by atoms with Crippen molar-refractivity contribution in [2.24, 2.45) is 0 Å². The summed E-state index contributed by atoms with van der Waals surface area (Å²) in [6, 6.07) is 43.1. The van der Waals surface area contributed by atoms with Gasteiger partial charge in [-0.3, -0.25) is 4.57 Å². The van der Waals surface area contributed by atoms with E-state index in [1.807, 2.05) is 18.2 Å². The van der Waals surface area contributed by atoms with Gasteiger partial charge in [0, 0.05) is 28.0 Å². The highest BCUT2D eigenvalue weighted by Gasteiger charge is 2.17. The molecule has 3 nitrogen and oxygen atoms in total. The summed E-state index contributed by atoms with van der Waals surface area (Å²) in [7, 11) is 0. The lowest BCUT2D eigenvalue weighted by Crippen LogP contribution is -2.03. The average molecular weight is 546 g/mol. The third-order valence-corrected chi connectivity index (χ3v) is 8.48. The van der Waals surface area contributed by atoms with Crippen LogP contribution in [0, 0.1) is 0 Å². The highest BCUT2D eigenvalue weighted by Crippen LogP contribution is 2.37. The Kier molecular flexibility index (Phi) is 5.11. The third kappa shape index (κ3) is 3.64. The van der Waals surface area contributed by atoms with E-state index in [9.17, 15) is 0 Å². The van der Waals surface area contributed by atoms with Crippen LogP contribution in [0.4, 0.5) is 0 Å². The Morgan fingerprint density at radius 1 is 0.488 bits per heavy atom. The number of para-hydroxylation sites is 2. The van der Waals surface area contributed by atoms with Gasteiger partial charge < -0.3 is 0 Å². The third-order valence-electron chi connectivity index (χ3n) is 8.48. The van der Waals surface area contributed by atoms with Gasteiger partial charge in [0.05, 0.1) is 16.7 Å². The van der Waals surface area contributed by atoms with Gasteiger partial charge in [-0.15, -0.1) is 0 Å². The molecule has 0 atom stereocenters. The largest absolute Gasteiger partial charge is 0.294 e. The molecule has 198 valence electrons. The minimum atomic E-state index is 0.682. The molecule has 0 bridgehead atoms. The molecule has 2 aromatic heterocycles. The molecule has 2 heterocycles. The van der Waals surface area contributed by atoms with Crippen molar-refractivity contribution in [2.75, 3.05) is 0 Å². The first-order valence-electron chi connectivity index (χ1n) is 14.4. The van der Waals surface area contributed by atoms with Gasteiger partial charge in [0.15, 0.2) is 5.82 Å². The predicted octanol–water partition coefficient (Wildman–Crippen LogP) is 9.96. The summed E-state index contributed by atoms with van der Waals surface area (Å²) in [5.41, 5.74) is 11.1. The van der Waals surface area contributed by atoms with Gasteiger partial charge in [-0.25, -0.2) is 9.97 Å². The zero-order valence-corrected chi connectivity index (χ0v) is 23.1. The number of fused-ring (bicyclic) bond motifs is 9. The lowest BCUT2D eigenvalue weighted by molar-refractivity contribution is 1.04. The number of aromatic nitrogens is 3. The molecule has 3 heteroatoms. The molecule has 8 aromatic rings. The molecule has 9 rings (SSSR count). The molecule has 0 radical (unpaired) electrons. The van der Waals surface area contributed by atoms with Gasteiger partial charge in [0.25, 0.3) is 0 Å². The van der Waals surface area contributed by atoms with Gasteiger partial charge in [0.2, 0.25) is 0 Å². The molecule has 0 fully saturated rings. The molecule has 0 saturated carbocycles. The zero-order valence-electron chi connectivity index (χ0n) is 23.1. The molecule has 0 spiro atoms. The lowest BCUT2D eigenvalue weighted by Gasteiger charge is -2.14. The van der Waals surface area contributed by atoms with Crippen LogP contribution in [0.25, 0.3) is 76.9 Å². The van der Waals surface area contributed by atoms with Crippen molar-refractivity contribution in [1.29, 1.82) is 0 Å². The lowest BCUT2D eigenvalue weighted by atomic mass is 9.93. The summed E-state index contributed by atoms with van der Waals surface area (Å²) in [4.78, 5) is 10.4. The molecule has 43 heavy (non-hydrogen) atoms. The van der Waals surface area contributed by atoms with Crippen molar-refractivity contribution in [3.8, 4) is 17.2 Å². The molecule has 0 N–H and O–H groups in total. The van der Waals surface area contributed by atoms with Crippen LogP contribution in [0.3, 0.4) is 0 Å². The van der Waals surface area contributed by atoms with Crippen LogP contribution in [0.1, 0.15) is 5.69 Å². The second-order valence-corrected chi connectivity index (χ2v) is 10.9. The number of benzene rings is 6. The number of rotatable bonds is 3. The number of allylic oxidation sites excluding steroid dienone is 4. The fourth-order valence-electron chi connectivity index (χ4n) is 6.55. The van der Waals surface area contributed by atoms with Gasteiger partial charge in [-0.05, 0) is 68.7 Å². The van der Waals surface area contributed by atoms with Crippen LogP contribution in [0.5, 0.6) is 0 Å². The van der Waals surface area contributed by atoms with Crippen LogP contribution in [-0.2, 0) is 0 Å². The second-order valence-electron chi connectivity index (χ2n) is 10.9. The predicted molar refractivity (Wildman–Crippen MR) is 178 cm³/mol. The van der Waals surface area contributed by atoms with E-state index in [0.29, 0.717) is 5.82 Å². The first-order chi connectivity index (χ1) is 21.3. The second kappa shape index (κ2) is 9.27. The first-order valence-corrected chi connectivity index (χ1v) is 14.4. The summed E-state index contributed by atoms with van der Waals surface area (Å²) in [6.45, 7) is 0. The summed E-state index contributed by atoms with van der Waals surface area (Å²) in [5, 5.41) is 9.82. The number of hydrogen-bond acceptors (Lipinski definition) is 2. The van der Waals surface area contributed by atoms with Gasteiger partial charge in [0.1, 0.15) is 5.82 Å². The maximum atomic E-state index is 5.25. The Hall–Kier alpha value is -5.98. The van der Waals surface area contributed by atoms with E-state index in [4.69, 9.17) is 9.97 Å². The van der Waals surface area contributed by atoms with Crippen LogP contribution in [0.15, 0.2) is 151 Å². The molecular weight excluding hydrogens is 522 g/mol. The highest BCUT2D eigenvalue weighted by atomic mass is 15.1. The van der Waals surface area contributed by atoms with E-state index >= 15 is 0 Å². The maximum Gasteiger partial charge on any atom is 0.162 e. The van der Waals surface area contributed by atoms with Crippen molar-refractivity contribution in [3.05, 3.63) is 157 Å². The first kappa shape index (κ1) is 23.7. The quantitative estimate of drug-likeness (QED) is 0.163. The van der Waals surface area contributed by atoms with Crippen molar-refractivity contribution < 1.29 is 0 Å².